The van der Waals surface area contributed by atoms with Gasteiger partial charge < -0.3 is 18.9 Å². The molecule has 5 heteroatoms. The number of hydrogen-bond donors (Lipinski definition) is 0. The van der Waals surface area contributed by atoms with E-state index in [0.717, 1.165) is 25.9 Å². The summed E-state index contributed by atoms with van der Waals surface area (Å²) in [5.74, 6) is 1.17. The van der Waals surface area contributed by atoms with E-state index < -0.39 is 0 Å². The van der Waals surface area contributed by atoms with Gasteiger partial charge in [-0.2, -0.15) is 0 Å². The van der Waals surface area contributed by atoms with Crippen molar-refractivity contribution in [2.45, 2.75) is 19.1 Å². The van der Waals surface area contributed by atoms with Crippen molar-refractivity contribution in [1.29, 1.82) is 0 Å². The highest BCUT2D eigenvalue weighted by Crippen LogP contribution is 2.27. The average molecular weight is 266 g/mol. The largest absolute Gasteiger partial charge is 0.493 e. The van der Waals surface area contributed by atoms with E-state index in [1.165, 1.54) is 0 Å². The quantitative estimate of drug-likeness (QED) is 0.737. The van der Waals surface area contributed by atoms with Gasteiger partial charge in [-0.25, -0.2) is 0 Å². The van der Waals surface area contributed by atoms with Crippen LogP contribution in [0.4, 0.5) is 0 Å². The lowest BCUT2D eigenvalue weighted by Crippen LogP contribution is -2.26. The molecule has 0 radical (unpaired) electrons. The van der Waals surface area contributed by atoms with E-state index in [-0.39, 0.29) is 6.29 Å². The SMILES string of the molecule is COc1ccc(C=O)cc1OCCC1OCCCO1. The van der Waals surface area contributed by atoms with Gasteiger partial charge in [0.05, 0.1) is 26.9 Å². The Hall–Kier alpha value is -1.59. The summed E-state index contributed by atoms with van der Waals surface area (Å²) >= 11 is 0. The van der Waals surface area contributed by atoms with E-state index in [9.17, 15) is 4.79 Å². The van der Waals surface area contributed by atoms with Crippen molar-refractivity contribution in [2.24, 2.45) is 0 Å². The molecule has 0 atom stereocenters. The van der Waals surface area contributed by atoms with Crippen LogP contribution in [0, 0.1) is 0 Å². The van der Waals surface area contributed by atoms with Crippen LogP contribution in [0.2, 0.25) is 0 Å². The van der Waals surface area contributed by atoms with Crippen LogP contribution in [0.5, 0.6) is 11.5 Å². The highest BCUT2D eigenvalue weighted by Gasteiger charge is 2.14. The summed E-state index contributed by atoms with van der Waals surface area (Å²) in [4.78, 5) is 10.7. The zero-order valence-electron chi connectivity index (χ0n) is 11.0. The third-order valence-electron chi connectivity index (χ3n) is 2.83. The fourth-order valence-electron chi connectivity index (χ4n) is 1.85. The number of aldehydes is 1. The molecule has 1 aliphatic rings. The lowest BCUT2D eigenvalue weighted by Gasteiger charge is -2.23. The predicted molar refractivity (Wildman–Crippen MR) is 68.8 cm³/mol. The molecular weight excluding hydrogens is 248 g/mol. The Morgan fingerprint density at radius 1 is 1.32 bits per heavy atom. The molecule has 0 N–H and O–H groups in total. The average Bonchev–Trinajstić information content (AvgIpc) is 2.48. The Morgan fingerprint density at radius 3 is 2.79 bits per heavy atom. The molecule has 1 aliphatic heterocycles. The zero-order chi connectivity index (χ0) is 13.5. The molecule has 104 valence electrons. The molecule has 2 rings (SSSR count). The number of hydrogen-bond acceptors (Lipinski definition) is 5. The van der Waals surface area contributed by atoms with Crippen LogP contribution >= 0.6 is 0 Å². The molecule has 0 unspecified atom stereocenters. The zero-order valence-corrected chi connectivity index (χ0v) is 11.0. The summed E-state index contributed by atoms with van der Waals surface area (Å²) in [7, 11) is 1.57. The molecule has 0 amide bonds. The van der Waals surface area contributed by atoms with Gasteiger partial charge >= 0.3 is 0 Å². The number of carbonyl (C=O) groups excluding carboxylic acids is 1. The Labute approximate surface area is 112 Å². The summed E-state index contributed by atoms with van der Waals surface area (Å²) < 4.78 is 21.7. The molecule has 1 fully saturated rings. The highest BCUT2D eigenvalue weighted by atomic mass is 16.7. The molecule has 5 nitrogen and oxygen atoms in total. The molecular formula is C14H18O5. The summed E-state index contributed by atoms with van der Waals surface area (Å²) in [6.45, 7) is 1.91. The van der Waals surface area contributed by atoms with Crippen LogP contribution in [0.3, 0.4) is 0 Å². The molecule has 1 heterocycles. The maximum Gasteiger partial charge on any atom is 0.161 e. The van der Waals surface area contributed by atoms with E-state index in [4.69, 9.17) is 18.9 Å². The molecule has 1 aromatic rings. The van der Waals surface area contributed by atoms with Crippen molar-refractivity contribution in [2.75, 3.05) is 26.9 Å². The summed E-state index contributed by atoms with van der Waals surface area (Å²) in [5, 5.41) is 0. The van der Waals surface area contributed by atoms with Crippen LogP contribution in [-0.4, -0.2) is 39.5 Å². The maximum atomic E-state index is 10.7. The summed E-state index contributed by atoms with van der Waals surface area (Å²) in [5.41, 5.74) is 0.556. The van der Waals surface area contributed by atoms with Gasteiger partial charge in [0, 0.05) is 12.0 Å². The Morgan fingerprint density at radius 2 is 2.11 bits per heavy atom. The van der Waals surface area contributed by atoms with Gasteiger partial charge in [0.2, 0.25) is 0 Å². The number of rotatable bonds is 6. The van der Waals surface area contributed by atoms with Crippen LogP contribution in [0.1, 0.15) is 23.2 Å². The lowest BCUT2D eigenvalue weighted by atomic mass is 10.2. The Kier molecular flexibility index (Phi) is 5.18. The van der Waals surface area contributed by atoms with E-state index >= 15 is 0 Å². The first-order valence-corrected chi connectivity index (χ1v) is 6.32. The first-order chi connectivity index (χ1) is 9.33. The van der Waals surface area contributed by atoms with Gasteiger partial charge in [0.1, 0.15) is 6.29 Å². The first-order valence-electron chi connectivity index (χ1n) is 6.32. The van der Waals surface area contributed by atoms with Crippen molar-refractivity contribution < 1.29 is 23.7 Å². The maximum absolute atomic E-state index is 10.7. The number of carbonyl (C=O) groups is 1. The van der Waals surface area contributed by atoms with Gasteiger partial charge in [-0.15, -0.1) is 0 Å². The van der Waals surface area contributed by atoms with E-state index in [0.29, 0.717) is 30.1 Å². The number of benzene rings is 1. The van der Waals surface area contributed by atoms with Gasteiger partial charge in [0.15, 0.2) is 17.8 Å². The standard InChI is InChI=1S/C14H18O5/c1-16-12-4-3-11(10-15)9-13(12)17-8-5-14-18-6-2-7-19-14/h3-4,9-10,14H,2,5-8H2,1H3. The van der Waals surface area contributed by atoms with Gasteiger partial charge in [0.25, 0.3) is 0 Å². The molecule has 0 bridgehead atoms. The topological polar surface area (TPSA) is 54.0 Å². The molecule has 0 spiro atoms. The number of ether oxygens (including phenoxy) is 4. The minimum Gasteiger partial charge on any atom is -0.493 e. The Bertz CT molecular complexity index is 412. The minimum atomic E-state index is -0.200. The molecule has 1 saturated heterocycles. The third kappa shape index (κ3) is 3.94. The second kappa shape index (κ2) is 7.11. The normalized spacial score (nSPS) is 16.1. The third-order valence-corrected chi connectivity index (χ3v) is 2.83. The van der Waals surface area contributed by atoms with Crippen molar-refractivity contribution in [3.8, 4) is 11.5 Å². The van der Waals surface area contributed by atoms with Crippen molar-refractivity contribution in [3.63, 3.8) is 0 Å². The van der Waals surface area contributed by atoms with E-state index in [1.807, 2.05) is 0 Å². The second-order valence-electron chi connectivity index (χ2n) is 4.19. The minimum absolute atomic E-state index is 0.200. The van der Waals surface area contributed by atoms with E-state index in [2.05, 4.69) is 0 Å². The van der Waals surface area contributed by atoms with Gasteiger partial charge in [-0.3, -0.25) is 4.79 Å². The highest BCUT2D eigenvalue weighted by molar-refractivity contribution is 5.76. The second-order valence-corrected chi connectivity index (χ2v) is 4.19. The van der Waals surface area contributed by atoms with Crippen molar-refractivity contribution >= 4 is 6.29 Å². The van der Waals surface area contributed by atoms with Gasteiger partial charge in [-0.1, -0.05) is 0 Å². The lowest BCUT2D eigenvalue weighted by molar-refractivity contribution is -0.183. The molecule has 0 aliphatic carbocycles. The fourth-order valence-corrected chi connectivity index (χ4v) is 1.85. The van der Waals surface area contributed by atoms with Gasteiger partial charge in [-0.05, 0) is 24.6 Å². The van der Waals surface area contributed by atoms with Crippen LogP contribution in [0.25, 0.3) is 0 Å². The van der Waals surface area contributed by atoms with Crippen LogP contribution in [0.15, 0.2) is 18.2 Å². The van der Waals surface area contributed by atoms with E-state index in [1.54, 1.807) is 25.3 Å². The molecule has 1 aromatic carbocycles. The Balaban J connectivity index is 1.88. The first kappa shape index (κ1) is 13.8. The van der Waals surface area contributed by atoms with Crippen LogP contribution in [-0.2, 0) is 9.47 Å². The van der Waals surface area contributed by atoms with Crippen molar-refractivity contribution in [3.05, 3.63) is 23.8 Å². The fraction of sp³-hybridized carbons (Fsp3) is 0.500. The molecule has 0 saturated carbocycles. The summed E-state index contributed by atoms with van der Waals surface area (Å²) in [6.07, 6.45) is 2.16. The van der Waals surface area contributed by atoms with Crippen LogP contribution < -0.4 is 9.47 Å². The molecule has 0 aromatic heterocycles. The number of methoxy groups -OCH3 is 1. The smallest absolute Gasteiger partial charge is 0.161 e. The van der Waals surface area contributed by atoms with Crippen molar-refractivity contribution in [1.82, 2.24) is 0 Å². The predicted octanol–water partition coefficient (Wildman–Crippen LogP) is 2.04. The molecule has 19 heavy (non-hydrogen) atoms. The monoisotopic (exact) mass is 266 g/mol. The summed E-state index contributed by atoms with van der Waals surface area (Å²) in [6, 6.07) is 5.06.